The van der Waals surface area contributed by atoms with Crippen LogP contribution in [0.4, 0.5) is 5.69 Å². The van der Waals surface area contributed by atoms with E-state index in [9.17, 15) is 9.59 Å². The highest BCUT2D eigenvalue weighted by Gasteiger charge is 2.15. The lowest BCUT2D eigenvalue weighted by molar-refractivity contribution is -0.150. The van der Waals surface area contributed by atoms with Crippen LogP contribution in [0.25, 0.3) is 10.9 Å². The summed E-state index contributed by atoms with van der Waals surface area (Å²) in [7, 11) is 1.15. The van der Waals surface area contributed by atoms with Crippen molar-refractivity contribution in [3.8, 4) is 0 Å². The van der Waals surface area contributed by atoms with Crippen LogP contribution in [0, 0.1) is 0 Å². The summed E-state index contributed by atoms with van der Waals surface area (Å²) in [4.78, 5) is 25.3. The maximum atomic E-state index is 11.3. The molecule has 0 aliphatic heterocycles. The molecule has 0 aliphatic rings. The summed E-state index contributed by atoms with van der Waals surface area (Å²) in [6.07, 6.45) is 1.59. The smallest absolute Gasteiger partial charge is 0.396 e. The highest BCUT2D eigenvalue weighted by atomic mass is 35.5. The number of nitrogens with one attached hydrogen (secondary N) is 2. The maximum absolute atomic E-state index is 11.3. The zero-order chi connectivity index (χ0) is 12.4. The van der Waals surface area contributed by atoms with E-state index in [-0.39, 0.29) is 0 Å². The van der Waals surface area contributed by atoms with Gasteiger partial charge in [-0.1, -0.05) is 11.6 Å². The summed E-state index contributed by atoms with van der Waals surface area (Å²) in [5, 5.41) is 3.72. The van der Waals surface area contributed by atoms with E-state index in [4.69, 9.17) is 11.6 Å². The van der Waals surface area contributed by atoms with Crippen LogP contribution in [0.15, 0.2) is 24.4 Å². The van der Waals surface area contributed by atoms with E-state index in [0.29, 0.717) is 10.7 Å². The molecule has 0 spiro atoms. The molecule has 0 bridgehead atoms. The second kappa shape index (κ2) is 4.47. The lowest BCUT2D eigenvalue weighted by Gasteiger charge is -2.01. The molecule has 0 saturated heterocycles. The van der Waals surface area contributed by atoms with Crippen molar-refractivity contribution in [1.29, 1.82) is 0 Å². The zero-order valence-electron chi connectivity index (χ0n) is 8.91. The molecule has 6 heteroatoms. The number of H-pyrrole nitrogens is 1. The Labute approximate surface area is 102 Å². The SMILES string of the molecule is COC(=O)C(=O)Nc1c[nH]c2ccc(Cl)cc12. The van der Waals surface area contributed by atoms with Crippen LogP contribution >= 0.6 is 11.6 Å². The van der Waals surface area contributed by atoms with Gasteiger partial charge in [0.2, 0.25) is 0 Å². The fourth-order valence-corrected chi connectivity index (χ4v) is 1.63. The molecule has 0 unspecified atom stereocenters. The van der Waals surface area contributed by atoms with Crippen molar-refractivity contribution in [2.75, 3.05) is 12.4 Å². The van der Waals surface area contributed by atoms with Gasteiger partial charge in [-0.15, -0.1) is 0 Å². The Morgan fingerprint density at radius 1 is 1.41 bits per heavy atom. The molecule has 1 heterocycles. The molecule has 2 N–H and O–H groups in total. The highest BCUT2D eigenvalue weighted by molar-refractivity contribution is 6.38. The Balaban J connectivity index is 2.33. The molecule has 2 rings (SSSR count). The largest absolute Gasteiger partial charge is 0.462 e. The summed E-state index contributed by atoms with van der Waals surface area (Å²) in [6.45, 7) is 0. The molecule has 0 aliphatic carbocycles. The van der Waals surface area contributed by atoms with E-state index in [2.05, 4.69) is 15.0 Å². The van der Waals surface area contributed by atoms with Crippen LogP contribution in [0.3, 0.4) is 0 Å². The molecule has 1 aromatic heterocycles. The lowest BCUT2D eigenvalue weighted by atomic mass is 10.2. The van der Waals surface area contributed by atoms with E-state index in [1.807, 2.05) is 0 Å². The number of halogens is 1. The molecule has 0 saturated carbocycles. The first-order chi connectivity index (χ1) is 8.11. The number of amides is 1. The number of ether oxygens (including phenoxy) is 1. The van der Waals surface area contributed by atoms with Crippen LogP contribution in [0.5, 0.6) is 0 Å². The Morgan fingerprint density at radius 3 is 2.88 bits per heavy atom. The zero-order valence-corrected chi connectivity index (χ0v) is 9.67. The number of carbonyl (C=O) groups excluding carboxylic acids is 2. The number of methoxy groups -OCH3 is 1. The summed E-state index contributed by atoms with van der Waals surface area (Å²) in [5.41, 5.74) is 1.30. The quantitative estimate of drug-likeness (QED) is 0.602. The minimum Gasteiger partial charge on any atom is -0.462 e. The third kappa shape index (κ3) is 2.24. The van der Waals surface area contributed by atoms with Crippen LogP contribution in [-0.2, 0) is 14.3 Å². The van der Waals surface area contributed by atoms with Gasteiger partial charge in [0.15, 0.2) is 0 Å². The molecule has 0 atom stereocenters. The van der Waals surface area contributed by atoms with E-state index in [1.54, 1.807) is 24.4 Å². The number of fused-ring (bicyclic) bond motifs is 1. The fourth-order valence-electron chi connectivity index (χ4n) is 1.46. The summed E-state index contributed by atoms with van der Waals surface area (Å²) in [6, 6.07) is 5.21. The predicted octanol–water partition coefficient (Wildman–Crippen LogP) is 1.93. The molecule has 2 aromatic rings. The third-order valence-electron chi connectivity index (χ3n) is 2.26. The first kappa shape index (κ1) is 11.5. The van der Waals surface area contributed by atoms with Crippen LogP contribution < -0.4 is 5.32 Å². The first-order valence-electron chi connectivity index (χ1n) is 4.77. The highest BCUT2D eigenvalue weighted by Crippen LogP contribution is 2.25. The maximum Gasteiger partial charge on any atom is 0.396 e. The summed E-state index contributed by atoms with van der Waals surface area (Å²) in [5.74, 6) is -1.77. The van der Waals surface area contributed by atoms with E-state index >= 15 is 0 Å². The van der Waals surface area contributed by atoms with Gasteiger partial charge in [0.05, 0.1) is 12.8 Å². The Kier molecular flexibility index (Phi) is 3.01. The normalized spacial score (nSPS) is 10.2. The molecular formula is C11H9ClN2O3. The number of aromatic nitrogens is 1. The first-order valence-corrected chi connectivity index (χ1v) is 5.15. The number of anilines is 1. The standard InChI is InChI=1S/C11H9ClN2O3/c1-17-11(16)10(15)14-9-5-13-8-3-2-6(12)4-7(8)9/h2-5,13H,1H3,(H,14,15). The summed E-state index contributed by atoms with van der Waals surface area (Å²) < 4.78 is 4.31. The van der Waals surface area contributed by atoms with Crippen molar-refractivity contribution >= 4 is 40.1 Å². The van der Waals surface area contributed by atoms with Gasteiger partial charge in [0.25, 0.3) is 0 Å². The van der Waals surface area contributed by atoms with Crippen LogP contribution in [0.2, 0.25) is 5.02 Å². The fraction of sp³-hybridized carbons (Fsp3) is 0.0909. The number of benzene rings is 1. The average Bonchev–Trinajstić information content (AvgIpc) is 2.71. The Bertz CT molecular complexity index is 591. The Morgan fingerprint density at radius 2 is 2.18 bits per heavy atom. The van der Waals surface area contributed by atoms with Gasteiger partial charge in [0.1, 0.15) is 0 Å². The van der Waals surface area contributed by atoms with E-state index in [0.717, 1.165) is 18.0 Å². The monoisotopic (exact) mass is 252 g/mol. The average molecular weight is 253 g/mol. The molecule has 88 valence electrons. The number of rotatable bonds is 1. The molecule has 0 fully saturated rings. The Hall–Kier alpha value is -2.01. The van der Waals surface area contributed by atoms with Gasteiger partial charge in [-0.3, -0.25) is 4.79 Å². The van der Waals surface area contributed by atoms with Crippen LogP contribution in [0.1, 0.15) is 0 Å². The van der Waals surface area contributed by atoms with Crippen molar-refractivity contribution in [2.45, 2.75) is 0 Å². The van der Waals surface area contributed by atoms with Crippen LogP contribution in [-0.4, -0.2) is 24.0 Å². The molecule has 5 nitrogen and oxygen atoms in total. The number of esters is 1. The van der Waals surface area contributed by atoms with Gasteiger partial charge in [-0.2, -0.15) is 0 Å². The summed E-state index contributed by atoms with van der Waals surface area (Å²) >= 11 is 5.86. The molecule has 1 aromatic carbocycles. The predicted molar refractivity (Wildman–Crippen MR) is 64.0 cm³/mol. The van der Waals surface area contributed by atoms with Crippen molar-refractivity contribution in [3.05, 3.63) is 29.4 Å². The second-order valence-electron chi connectivity index (χ2n) is 3.34. The lowest BCUT2D eigenvalue weighted by Crippen LogP contribution is -2.23. The minimum atomic E-state index is -0.943. The number of hydrogen-bond donors (Lipinski definition) is 2. The van der Waals surface area contributed by atoms with Crippen molar-refractivity contribution in [2.24, 2.45) is 0 Å². The third-order valence-corrected chi connectivity index (χ3v) is 2.50. The van der Waals surface area contributed by atoms with Gasteiger partial charge in [0, 0.05) is 22.1 Å². The van der Waals surface area contributed by atoms with Crippen molar-refractivity contribution in [3.63, 3.8) is 0 Å². The van der Waals surface area contributed by atoms with Crippen molar-refractivity contribution < 1.29 is 14.3 Å². The number of carbonyl (C=O) groups is 2. The van der Waals surface area contributed by atoms with E-state index < -0.39 is 11.9 Å². The van der Waals surface area contributed by atoms with E-state index in [1.165, 1.54) is 0 Å². The van der Waals surface area contributed by atoms with Gasteiger partial charge in [-0.25, -0.2) is 4.79 Å². The second-order valence-corrected chi connectivity index (χ2v) is 3.77. The molecule has 1 amide bonds. The van der Waals surface area contributed by atoms with Crippen molar-refractivity contribution in [1.82, 2.24) is 4.98 Å². The molecular weight excluding hydrogens is 244 g/mol. The van der Waals surface area contributed by atoms with Gasteiger partial charge in [-0.05, 0) is 18.2 Å². The topological polar surface area (TPSA) is 71.2 Å². The van der Waals surface area contributed by atoms with Gasteiger partial charge >= 0.3 is 11.9 Å². The number of hydrogen-bond acceptors (Lipinski definition) is 3. The number of aromatic amines is 1. The molecule has 17 heavy (non-hydrogen) atoms. The minimum absolute atomic E-state index is 0.484. The van der Waals surface area contributed by atoms with Gasteiger partial charge < -0.3 is 15.0 Å². The molecule has 0 radical (unpaired) electrons.